The van der Waals surface area contributed by atoms with Crippen molar-refractivity contribution < 1.29 is 0 Å². The van der Waals surface area contributed by atoms with Crippen LogP contribution in [0.2, 0.25) is 0 Å². The summed E-state index contributed by atoms with van der Waals surface area (Å²) in [5.74, 6) is 0.965. The van der Waals surface area contributed by atoms with Gasteiger partial charge in [0.1, 0.15) is 0 Å². The number of hydrogen-bond donors (Lipinski definition) is 1. The maximum absolute atomic E-state index is 3.84. The number of nitrogens with one attached hydrogen (secondary N) is 1. The second-order valence-corrected chi connectivity index (χ2v) is 4.78. The molecule has 0 aromatic heterocycles. The number of rotatable bonds is 3. The summed E-state index contributed by atoms with van der Waals surface area (Å²) < 4.78 is 0. The first-order valence-electron chi connectivity index (χ1n) is 5.89. The molecule has 0 amide bonds. The molecule has 1 aliphatic heterocycles. The highest BCUT2D eigenvalue weighted by molar-refractivity contribution is 4.92. The molecule has 0 aromatic rings. The Kier molecular flexibility index (Phi) is 3.24. The maximum atomic E-state index is 3.84. The van der Waals surface area contributed by atoms with Crippen LogP contribution in [0.25, 0.3) is 0 Å². The van der Waals surface area contributed by atoms with Crippen molar-refractivity contribution in [2.45, 2.75) is 38.3 Å². The van der Waals surface area contributed by atoms with E-state index in [1.54, 1.807) is 0 Å². The highest BCUT2D eigenvalue weighted by Crippen LogP contribution is 2.33. The summed E-state index contributed by atoms with van der Waals surface area (Å²) in [5.41, 5.74) is 0. The van der Waals surface area contributed by atoms with Crippen LogP contribution in [-0.4, -0.2) is 36.6 Å². The minimum atomic E-state index is 0.712. The summed E-state index contributed by atoms with van der Waals surface area (Å²) in [4.78, 5) is 2.57. The molecule has 0 spiro atoms. The molecule has 2 aliphatic rings. The lowest BCUT2D eigenvalue weighted by atomic mass is 10.1. The lowest BCUT2D eigenvalue weighted by molar-refractivity contribution is 0.221. The van der Waals surface area contributed by atoms with Crippen LogP contribution in [0.3, 0.4) is 0 Å². The average Bonchev–Trinajstić information content (AvgIpc) is 2.95. The van der Waals surface area contributed by atoms with E-state index in [0.717, 1.165) is 18.5 Å². The normalized spacial score (nSPS) is 35.2. The van der Waals surface area contributed by atoms with Gasteiger partial charge in [0.2, 0.25) is 0 Å². The number of hydrogen-bond acceptors (Lipinski definition) is 2. The van der Waals surface area contributed by atoms with E-state index < -0.39 is 0 Å². The summed E-state index contributed by atoms with van der Waals surface area (Å²) in [5, 5.41) is 3.69. The summed E-state index contributed by atoms with van der Waals surface area (Å²) >= 11 is 0. The van der Waals surface area contributed by atoms with Gasteiger partial charge in [-0.05, 0) is 38.6 Å². The molecule has 1 saturated carbocycles. The van der Waals surface area contributed by atoms with Crippen molar-refractivity contribution in [2.24, 2.45) is 5.92 Å². The highest BCUT2D eigenvalue weighted by Gasteiger charge is 2.34. The van der Waals surface area contributed by atoms with Gasteiger partial charge < -0.3 is 5.32 Å². The smallest absolute Gasteiger partial charge is 0.0223 e. The van der Waals surface area contributed by atoms with Crippen LogP contribution >= 0.6 is 0 Å². The standard InChI is InChI=1S/C12H22N2/c1-3-8-14-9-12(11-4-5-11)13-7-6-10(14)2/h3,10-13H,1,4-9H2,2H3. The van der Waals surface area contributed by atoms with E-state index in [9.17, 15) is 0 Å². The topological polar surface area (TPSA) is 15.3 Å². The van der Waals surface area contributed by atoms with Crippen molar-refractivity contribution in [3.05, 3.63) is 12.7 Å². The fraction of sp³-hybridized carbons (Fsp3) is 0.833. The molecule has 14 heavy (non-hydrogen) atoms. The maximum Gasteiger partial charge on any atom is 0.0223 e. The molecule has 2 atom stereocenters. The van der Waals surface area contributed by atoms with Crippen molar-refractivity contribution in [3.63, 3.8) is 0 Å². The van der Waals surface area contributed by atoms with E-state index in [-0.39, 0.29) is 0 Å². The molecule has 1 heterocycles. The zero-order chi connectivity index (χ0) is 9.97. The van der Waals surface area contributed by atoms with E-state index in [4.69, 9.17) is 0 Å². The zero-order valence-corrected chi connectivity index (χ0v) is 9.21. The summed E-state index contributed by atoms with van der Waals surface area (Å²) in [6, 6.07) is 1.46. The molecule has 2 heteroatoms. The van der Waals surface area contributed by atoms with Crippen molar-refractivity contribution in [1.82, 2.24) is 10.2 Å². The van der Waals surface area contributed by atoms with Crippen LogP contribution < -0.4 is 5.32 Å². The number of nitrogens with zero attached hydrogens (tertiary/aromatic N) is 1. The summed E-state index contributed by atoms with van der Waals surface area (Å²) in [6.07, 6.45) is 6.19. The lowest BCUT2D eigenvalue weighted by Gasteiger charge is -2.27. The van der Waals surface area contributed by atoms with Crippen LogP contribution in [0, 0.1) is 5.92 Å². The minimum absolute atomic E-state index is 0.712. The SMILES string of the molecule is C=CCN1CC(C2CC2)NCCC1C. The van der Waals surface area contributed by atoms with Crippen LogP contribution in [0.5, 0.6) is 0 Å². The predicted octanol–water partition coefficient (Wildman–Crippen LogP) is 1.63. The van der Waals surface area contributed by atoms with E-state index in [1.165, 1.54) is 32.4 Å². The van der Waals surface area contributed by atoms with E-state index in [0.29, 0.717) is 6.04 Å². The molecule has 2 rings (SSSR count). The Hall–Kier alpha value is -0.340. The van der Waals surface area contributed by atoms with E-state index in [2.05, 4.69) is 23.7 Å². The van der Waals surface area contributed by atoms with Gasteiger partial charge in [0, 0.05) is 25.2 Å². The van der Waals surface area contributed by atoms with Crippen molar-refractivity contribution >= 4 is 0 Å². The quantitative estimate of drug-likeness (QED) is 0.687. The fourth-order valence-electron chi connectivity index (χ4n) is 2.39. The van der Waals surface area contributed by atoms with Gasteiger partial charge in [-0.25, -0.2) is 0 Å². The second-order valence-electron chi connectivity index (χ2n) is 4.78. The molecular formula is C12H22N2. The van der Waals surface area contributed by atoms with Crippen molar-refractivity contribution in [3.8, 4) is 0 Å². The molecule has 2 unspecified atom stereocenters. The average molecular weight is 194 g/mol. The molecule has 2 nitrogen and oxygen atoms in total. The molecule has 1 N–H and O–H groups in total. The second kappa shape index (κ2) is 4.45. The molecule has 0 aromatic carbocycles. The van der Waals surface area contributed by atoms with Gasteiger partial charge in [-0.2, -0.15) is 0 Å². The molecule has 1 aliphatic carbocycles. The van der Waals surface area contributed by atoms with Crippen LogP contribution in [0.15, 0.2) is 12.7 Å². The summed E-state index contributed by atoms with van der Waals surface area (Å²) in [6.45, 7) is 9.64. The Morgan fingerprint density at radius 3 is 2.86 bits per heavy atom. The monoisotopic (exact) mass is 194 g/mol. The van der Waals surface area contributed by atoms with Gasteiger partial charge in [-0.1, -0.05) is 6.08 Å². The van der Waals surface area contributed by atoms with Gasteiger partial charge in [-0.3, -0.25) is 4.90 Å². The lowest BCUT2D eigenvalue weighted by Crippen LogP contribution is -2.41. The predicted molar refractivity (Wildman–Crippen MR) is 60.4 cm³/mol. The Labute approximate surface area is 87.4 Å². The Balaban J connectivity index is 1.93. The third kappa shape index (κ3) is 2.37. The van der Waals surface area contributed by atoms with Gasteiger partial charge in [0.15, 0.2) is 0 Å². The first kappa shape index (κ1) is 10.2. The Morgan fingerprint density at radius 1 is 1.43 bits per heavy atom. The van der Waals surface area contributed by atoms with Crippen LogP contribution in [0.4, 0.5) is 0 Å². The molecule has 0 radical (unpaired) electrons. The largest absolute Gasteiger partial charge is 0.312 e. The zero-order valence-electron chi connectivity index (χ0n) is 9.21. The molecular weight excluding hydrogens is 172 g/mol. The van der Waals surface area contributed by atoms with Crippen LogP contribution in [0.1, 0.15) is 26.2 Å². The third-order valence-corrected chi connectivity index (χ3v) is 3.58. The van der Waals surface area contributed by atoms with Crippen molar-refractivity contribution in [1.29, 1.82) is 0 Å². The molecule has 0 bridgehead atoms. The van der Waals surface area contributed by atoms with Crippen molar-refractivity contribution in [2.75, 3.05) is 19.6 Å². The molecule has 80 valence electrons. The van der Waals surface area contributed by atoms with Gasteiger partial charge in [-0.15, -0.1) is 6.58 Å². The first-order chi connectivity index (χ1) is 6.81. The van der Waals surface area contributed by atoms with Crippen LogP contribution in [-0.2, 0) is 0 Å². The molecule has 1 saturated heterocycles. The highest BCUT2D eigenvalue weighted by atomic mass is 15.2. The third-order valence-electron chi connectivity index (χ3n) is 3.58. The Bertz CT molecular complexity index is 198. The van der Waals surface area contributed by atoms with Gasteiger partial charge in [0.25, 0.3) is 0 Å². The first-order valence-corrected chi connectivity index (χ1v) is 5.89. The Morgan fingerprint density at radius 2 is 2.21 bits per heavy atom. The van der Waals surface area contributed by atoms with Gasteiger partial charge in [0.05, 0.1) is 0 Å². The fourth-order valence-corrected chi connectivity index (χ4v) is 2.39. The van der Waals surface area contributed by atoms with E-state index >= 15 is 0 Å². The van der Waals surface area contributed by atoms with Gasteiger partial charge >= 0.3 is 0 Å². The van der Waals surface area contributed by atoms with E-state index in [1.807, 2.05) is 6.08 Å². The molecule has 2 fully saturated rings. The minimum Gasteiger partial charge on any atom is -0.312 e. The summed E-state index contributed by atoms with van der Waals surface area (Å²) in [7, 11) is 0.